The Morgan fingerprint density at radius 1 is 1.46 bits per heavy atom. The zero-order chi connectivity index (χ0) is 9.26. The van der Waals surface area contributed by atoms with E-state index in [0.29, 0.717) is 5.92 Å². The molecule has 0 bridgehead atoms. The van der Waals surface area contributed by atoms with Crippen LogP contribution in [0, 0.1) is 0 Å². The van der Waals surface area contributed by atoms with E-state index < -0.39 is 0 Å². The number of hydrogen-bond acceptors (Lipinski definition) is 3. The predicted molar refractivity (Wildman–Crippen MR) is 50.6 cm³/mol. The molecule has 3 nitrogen and oxygen atoms in total. The second kappa shape index (κ2) is 3.50. The lowest BCUT2D eigenvalue weighted by molar-refractivity contribution is 0.425. The highest BCUT2D eigenvalue weighted by molar-refractivity contribution is 5.12. The third-order valence-corrected chi connectivity index (χ3v) is 2.34. The van der Waals surface area contributed by atoms with Gasteiger partial charge in [-0.3, -0.25) is 0 Å². The van der Waals surface area contributed by atoms with Crippen molar-refractivity contribution < 1.29 is 4.42 Å². The van der Waals surface area contributed by atoms with Crippen molar-refractivity contribution in [3.63, 3.8) is 0 Å². The average molecular weight is 180 g/mol. The molecule has 1 aromatic heterocycles. The van der Waals surface area contributed by atoms with Gasteiger partial charge in [-0.2, -0.15) is 0 Å². The summed E-state index contributed by atoms with van der Waals surface area (Å²) in [5.41, 5.74) is 1.16. The molecule has 1 aliphatic heterocycles. The molecule has 0 aromatic carbocycles. The number of nitrogens with one attached hydrogen (secondary N) is 1. The Morgan fingerprint density at radius 2 is 2.31 bits per heavy atom. The molecule has 0 fully saturated rings. The first-order valence-corrected chi connectivity index (χ1v) is 4.96. The molecule has 3 heteroatoms. The van der Waals surface area contributed by atoms with Gasteiger partial charge in [0.05, 0.1) is 12.2 Å². The summed E-state index contributed by atoms with van der Waals surface area (Å²) >= 11 is 0. The number of aromatic nitrogens is 1. The minimum atomic E-state index is 0.395. The van der Waals surface area contributed by atoms with Gasteiger partial charge >= 0.3 is 0 Å². The van der Waals surface area contributed by atoms with E-state index in [0.717, 1.165) is 43.3 Å². The lowest BCUT2D eigenvalue weighted by atomic mass is 10.2. The first-order chi connectivity index (χ1) is 6.27. The van der Waals surface area contributed by atoms with E-state index in [1.165, 1.54) is 0 Å². The summed E-state index contributed by atoms with van der Waals surface area (Å²) < 4.78 is 5.67. The maximum absolute atomic E-state index is 5.67. The topological polar surface area (TPSA) is 38.1 Å². The lowest BCUT2D eigenvalue weighted by Gasteiger charge is -1.98. The van der Waals surface area contributed by atoms with Crippen LogP contribution in [-0.4, -0.2) is 11.5 Å². The lowest BCUT2D eigenvalue weighted by Crippen LogP contribution is -2.11. The quantitative estimate of drug-likeness (QED) is 0.716. The maximum Gasteiger partial charge on any atom is 0.197 e. The summed E-state index contributed by atoms with van der Waals surface area (Å²) in [6.45, 7) is 6.13. The van der Waals surface area contributed by atoms with Crippen LogP contribution in [0.1, 0.15) is 43.5 Å². The number of fused-ring (bicyclic) bond motifs is 1. The molecule has 2 rings (SSSR count). The van der Waals surface area contributed by atoms with Gasteiger partial charge in [0.25, 0.3) is 0 Å². The molecule has 0 radical (unpaired) electrons. The predicted octanol–water partition coefficient (Wildman–Crippen LogP) is 1.83. The Labute approximate surface area is 78.5 Å². The van der Waals surface area contributed by atoms with Crippen LogP contribution in [0.5, 0.6) is 0 Å². The van der Waals surface area contributed by atoms with Crippen molar-refractivity contribution in [1.29, 1.82) is 0 Å². The number of hydrogen-bond donors (Lipinski definition) is 1. The summed E-state index contributed by atoms with van der Waals surface area (Å²) in [5.74, 6) is 2.32. The standard InChI is InChI=1S/C10H16N2O/c1-7(2)10-12-8-4-3-5-11-6-9(8)13-10/h7,11H,3-6H2,1-2H3. The van der Waals surface area contributed by atoms with E-state index in [9.17, 15) is 0 Å². The Bertz CT molecular complexity index is 268. The maximum atomic E-state index is 5.67. The number of oxazole rings is 1. The van der Waals surface area contributed by atoms with Gasteiger partial charge in [0.2, 0.25) is 0 Å². The van der Waals surface area contributed by atoms with Gasteiger partial charge in [0.15, 0.2) is 5.89 Å². The van der Waals surface area contributed by atoms with Gasteiger partial charge in [0.1, 0.15) is 5.76 Å². The molecule has 0 saturated carbocycles. The molecule has 0 aliphatic carbocycles. The Balaban J connectivity index is 2.27. The fourth-order valence-electron chi connectivity index (χ4n) is 1.57. The van der Waals surface area contributed by atoms with Crippen molar-refractivity contribution in [3.8, 4) is 0 Å². The van der Waals surface area contributed by atoms with Crippen LogP contribution in [0.25, 0.3) is 0 Å². The molecule has 0 amide bonds. The largest absolute Gasteiger partial charge is 0.444 e. The highest BCUT2D eigenvalue weighted by Crippen LogP contribution is 2.20. The van der Waals surface area contributed by atoms with Crippen LogP contribution < -0.4 is 5.32 Å². The molecule has 72 valence electrons. The van der Waals surface area contributed by atoms with Crippen molar-refractivity contribution in [2.75, 3.05) is 6.54 Å². The summed E-state index contributed by atoms with van der Waals surface area (Å²) in [6, 6.07) is 0. The zero-order valence-electron chi connectivity index (χ0n) is 8.26. The van der Waals surface area contributed by atoms with Crippen molar-refractivity contribution in [1.82, 2.24) is 10.3 Å². The monoisotopic (exact) mass is 180 g/mol. The summed E-state index contributed by atoms with van der Waals surface area (Å²) in [5, 5.41) is 3.32. The molecule has 2 heterocycles. The van der Waals surface area contributed by atoms with Crippen molar-refractivity contribution in [3.05, 3.63) is 17.3 Å². The fraction of sp³-hybridized carbons (Fsp3) is 0.700. The minimum absolute atomic E-state index is 0.395. The van der Waals surface area contributed by atoms with Crippen LogP contribution in [0.2, 0.25) is 0 Å². The summed E-state index contributed by atoms with van der Waals surface area (Å²) in [6.07, 6.45) is 2.22. The van der Waals surface area contributed by atoms with E-state index in [2.05, 4.69) is 24.1 Å². The normalized spacial score (nSPS) is 17.2. The van der Waals surface area contributed by atoms with Gasteiger partial charge in [0, 0.05) is 5.92 Å². The molecule has 13 heavy (non-hydrogen) atoms. The number of rotatable bonds is 1. The van der Waals surface area contributed by atoms with E-state index in [1.807, 2.05) is 0 Å². The highest BCUT2D eigenvalue weighted by atomic mass is 16.4. The first kappa shape index (κ1) is 8.75. The molecule has 1 N–H and O–H groups in total. The second-order valence-corrected chi connectivity index (χ2v) is 3.86. The van der Waals surface area contributed by atoms with Crippen LogP contribution in [-0.2, 0) is 13.0 Å². The van der Waals surface area contributed by atoms with E-state index in [4.69, 9.17) is 4.42 Å². The van der Waals surface area contributed by atoms with Crippen LogP contribution in [0.3, 0.4) is 0 Å². The number of aryl methyl sites for hydroxylation is 1. The molecule has 1 aromatic rings. The molecule has 0 atom stereocenters. The van der Waals surface area contributed by atoms with Gasteiger partial charge < -0.3 is 9.73 Å². The Morgan fingerprint density at radius 3 is 3.08 bits per heavy atom. The van der Waals surface area contributed by atoms with Gasteiger partial charge in [-0.1, -0.05) is 13.8 Å². The molecule has 0 unspecified atom stereocenters. The first-order valence-electron chi connectivity index (χ1n) is 4.96. The molecular weight excluding hydrogens is 164 g/mol. The Hall–Kier alpha value is -0.830. The van der Waals surface area contributed by atoms with Crippen LogP contribution in [0.15, 0.2) is 4.42 Å². The van der Waals surface area contributed by atoms with Crippen LogP contribution >= 0.6 is 0 Å². The smallest absolute Gasteiger partial charge is 0.197 e. The van der Waals surface area contributed by atoms with Gasteiger partial charge in [-0.15, -0.1) is 0 Å². The SMILES string of the molecule is CC(C)c1nc2c(o1)CNCCC2. The second-order valence-electron chi connectivity index (χ2n) is 3.86. The minimum Gasteiger partial charge on any atom is -0.444 e. The highest BCUT2D eigenvalue weighted by Gasteiger charge is 2.16. The summed E-state index contributed by atoms with van der Waals surface area (Å²) in [4.78, 5) is 4.50. The van der Waals surface area contributed by atoms with Crippen molar-refractivity contribution in [2.24, 2.45) is 0 Å². The van der Waals surface area contributed by atoms with Gasteiger partial charge in [-0.05, 0) is 19.4 Å². The third-order valence-electron chi connectivity index (χ3n) is 2.34. The molecule has 1 aliphatic rings. The Kier molecular flexibility index (Phi) is 2.36. The van der Waals surface area contributed by atoms with Gasteiger partial charge in [-0.25, -0.2) is 4.98 Å². The zero-order valence-corrected chi connectivity index (χ0v) is 8.26. The average Bonchev–Trinajstić information content (AvgIpc) is 2.38. The van der Waals surface area contributed by atoms with E-state index in [1.54, 1.807) is 0 Å². The van der Waals surface area contributed by atoms with E-state index in [-0.39, 0.29) is 0 Å². The van der Waals surface area contributed by atoms with E-state index >= 15 is 0 Å². The third kappa shape index (κ3) is 1.75. The molecule has 0 spiro atoms. The van der Waals surface area contributed by atoms with Crippen molar-refractivity contribution in [2.45, 2.75) is 39.2 Å². The molecular formula is C10H16N2O. The summed E-state index contributed by atoms with van der Waals surface area (Å²) in [7, 11) is 0. The molecule has 0 saturated heterocycles. The van der Waals surface area contributed by atoms with Crippen molar-refractivity contribution >= 4 is 0 Å². The fourth-order valence-corrected chi connectivity index (χ4v) is 1.57. The van der Waals surface area contributed by atoms with Crippen LogP contribution in [0.4, 0.5) is 0 Å². The number of nitrogens with zero attached hydrogens (tertiary/aromatic N) is 1.